The predicted molar refractivity (Wildman–Crippen MR) is 64.9 cm³/mol. The minimum absolute atomic E-state index is 0.125. The lowest BCUT2D eigenvalue weighted by atomic mass is 9.73. The monoisotopic (exact) mass is 213 g/mol. The highest BCUT2D eigenvalue weighted by molar-refractivity contribution is 4.91. The third-order valence-electron chi connectivity index (χ3n) is 3.78. The number of hydrogen-bond acceptors (Lipinski definition) is 2. The van der Waals surface area contributed by atoms with E-state index >= 15 is 0 Å². The molecule has 0 aromatic carbocycles. The molecule has 0 bridgehead atoms. The summed E-state index contributed by atoms with van der Waals surface area (Å²) in [6.07, 6.45) is 3.11. The van der Waals surface area contributed by atoms with Crippen molar-refractivity contribution in [3.8, 4) is 0 Å². The molecule has 0 aromatic rings. The smallest absolute Gasteiger partial charge is 0.0695 e. The minimum atomic E-state index is -0.125. The average Bonchev–Trinajstić information content (AvgIpc) is 2.11. The van der Waals surface area contributed by atoms with Crippen LogP contribution in [0.1, 0.15) is 53.9 Å². The lowest BCUT2D eigenvalue weighted by Crippen LogP contribution is -2.51. The molecule has 0 radical (unpaired) electrons. The van der Waals surface area contributed by atoms with Gasteiger partial charge in [-0.3, -0.25) is 4.90 Å². The summed E-state index contributed by atoms with van der Waals surface area (Å²) in [5.74, 6) is 0. The Hall–Kier alpha value is -0.0800. The number of aliphatic hydroxyl groups excluding tert-OH is 1. The van der Waals surface area contributed by atoms with Crippen molar-refractivity contribution in [2.45, 2.75) is 72.1 Å². The fourth-order valence-electron chi connectivity index (χ4n) is 2.86. The number of hydrogen-bond donors (Lipinski definition) is 1. The molecule has 1 rings (SSSR count). The molecule has 2 atom stereocenters. The van der Waals surface area contributed by atoms with Gasteiger partial charge in [0.15, 0.2) is 0 Å². The molecule has 0 amide bonds. The maximum atomic E-state index is 10.1. The summed E-state index contributed by atoms with van der Waals surface area (Å²) < 4.78 is 0. The van der Waals surface area contributed by atoms with Gasteiger partial charge in [-0.25, -0.2) is 0 Å². The van der Waals surface area contributed by atoms with Gasteiger partial charge >= 0.3 is 0 Å². The molecule has 2 unspecified atom stereocenters. The maximum absolute atomic E-state index is 10.1. The standard InChI is InChI=1S/C13H27NO/c1-6-14(10(2)3)11-9-13(4,5)8-7-12(11)15/h10-12,15H,6-9H2,1-5H3. The highest BCUT2D eigenvalue weighted by atomic mass is 16.3. The number of aliphatic hydroxyl groups is 1. The molecule has 1 N–H and O–H groups in total. The van der Waals surface area contributed by atoms with E-state index in [1.807, 2.05) is 0 Å². The van der Waals surface area contributed by atoms with Gasteiger partial charge in [0.2, 0.25) is 0 Å². The first kappa shape index (κ1) is 13.0. The molecule has 2 nitrogen and oxygen atoms in total. The predicted octanol–water partition coefficient (Wildman–Crippen LogP) is 2.66. The van der Waals surface area contributed by atoms with Gasteiger partial charge in [-0.15, -0.1) is 0 Å². The second-order valence-corrected chi connectivity index (χ2v) is 5.97. The summed E-state index contributed by atoms with van der Waals surface area (Å²) in [5, 5.41) is 10.1. The Morgan fingerprint density at radius 3 is 2.47 bits per heavy atom. The lowest BCUT2D eigenvalue weighted by Gasteiger charge is -2.45. The van der Waals surface area contributed by atoms with Crippen molar-refractivity contribution in [3.63, 3.8) is 0 Å². The summed E-state index contributed by atoms with van der Waals surface area (Å²) in [6, 6.07) is 0.891. The SMILES string of the molecule is CCN(C(C)C)C1CC(C)(C)CCC1O. The van der Waals surface area contributed by atoms with Crippen molar-refractivity contribution < 1.29 is 5.11 Å². The van der Waals surface area contributed by atoms with Crippen molar-refractivity contribution in [3.05, 3.63) is 0 Å². The topological polar surface area (TPSA) is 23.5 Å². The molecule has 0 spiro atoms. The van der Waals surface area contributed by atoms with Gasteiger partial charge in [-0.1, -0.05) is 20.8 Å². The van der Waals surface area contributed by atoms with Crippen molar-refractivity contribution in [2.75, 3.05) is 6.54 Å². The van der Waals surface area contributed by atoms with E-state index < -0.39 is 0 Å². The van der Waals surface area contributed by atoms with Gasteiger partial charge in [0.05, 0.1) is 6.10 Å². The van der Waals surface area contributed by atoms with E-state index in [1.165, 1.54) is 0 Å². The van der Waals surface area contributed by atoms with Crippen molar-refractivity contribution >= 4 is 0 Å². The van der Waals surface area contributed by atoms with Crippen LogP contribution in [0.5, 0.6) is 0 Å². The number of nitrogens with zero attached hydrogens (tertiary/aromatic N) is 1. The van der Waals surface area contributed by atoms with Gasteiger partial charge in [0.1, 0.15) is 0 Å². The van der Waals surface area contributed by atoms with Crippen LogP contribution in [0.4, 0.5) is 0 Å². The molecular weight excluding hydrogens is 186 g/mol. The normalized spacial score (nSPS) is 31.2. The van der Waals surface area contributed by atoms with E-state index in [2.05, 4.69) is 39.5 Å². The lowest BCUT2D eigenvalue weighted by molar-refractivity contribution is -0.0269. The molecule has 1 fully saturated rings. The van der Waals surface area contributed by atoms with Crippen LogP contribution in [0.25, 0.3) is 0 Å². The summed E-state index contributed by atoms with van der Waals surface area (Å²) in [7, 11) is 0. The van der Waals surface area contributed by atoms with Crippen LogP contribution in [-0.4, -0.2) is 34.7 Å². The molecule has 1 aliphatic carbocycles. The molecule has 0 heterocycles. The van der Waals surface area contributed by atoms with Crippen LogP contribution in [0.3, 0.4) is 0 Å². The molecule has 2 heteroatoms. The van der Waals surface area contributed by atoms with Crippen LogP contribution in [0.2, 0.25) is 0 Å². The molecule has 1 saturated carbocycles. The fraction of sp³-hybridized carbons (Fsp3) is 1.00. The van der Waals surface area contributed by atoms with E-state index in [0.717, 1.165) is 25.8 Å². The highest BCUT2D eigenvalue weighted by Gasteiger charge is 2.37. The van der Waals surface area contributed by atoms with Crippen LogP contribution < -0.4 is 0 Å². The Morgan fingerprint density at radius 2 is 2.00 bits per heavy atom. The van der Waals surface area contributed by atoms with E-state index in [9.17, 15) is 5.11 Å². The fourth-order valence-corrected chi connectivity index (χ4v) is 2.86. The third-order valence-corrected chi connectivity index (χ3v) is 3.78. The van der Waals surface area contributed by atoms with Crippen LogP contribution in [-0.2, 0) is 0 Å². The highest BCUT2D eigenvalue weighted by Crippen LogP contribution is 2.37. The van der Waals surface area contributed by atoms with E-state index in [1.54, 1.807) is 0 Å². The zero-order chi connectivity index (χ0) is 11.6. The molecule has 0 saturated heterocycles. The van der Waals surface area contributed by atoms with Crippen LogP contribution in [0, 0.1) is 5.41 Å². The van der Waals surface area contributed by atoms with Crippen molar-refractivity contribution in [1.82, 2.24) is 4.90 Å². The second-order valence-electron chi connectivity index (χ2n) is 5.97. The van der Waals surface area contributed by atoms with Gasteiger partial charge in [0.25, 0.3) is 0 Å². The minimum Gasteiger partial charge on any atom is -0.391 e. The third kappa shape index (κ3) is 3.18. The molecule has 0 aliphatic heterocycles. The molecule has 1 aliphatic rings. The zero-order valence-corrected chi connectivity index (χ0v) is 11.0. The second kappa shape index (κ2) is 4.84. The van der Waals surface area contributed by atoms with Crippen LogP contribution in [0.15, 0.2) is 0 Å². The van der Waals surface area contributed by atoms with Gasteiger partial charge in [0, 0.05) is 12.1 Å². The first-order valence-corrected chi connectivity index (χ1v) is 6.31. The summed E-state index contributed by atoms with van der Waals surface area (Å²) in [6.45, 7) is 12.3. The van der Waals surface area contributed by atoms with E-state index in [-0.39, 0.29) is 6.10 Å². The van der Waals surface area contributed by atoms with Crippen LogP contribution >= 0.6 is 0 Å². The molecule has 0 aromatic heterocycles. The van der Waals surface area contributed by atoms with Gasteiger partial charge in [-0.2, -0.15) is 0 Å². The molecular formula is C13H27NO. The van der Waals surface area contributed by atoms with Gasteiger partial charge < -0.3 is 5.11 Å². The van der Waals surface area contributed by atoms with E-state index in [4.69, 9.17) is 0 Å². The molecule has 15 heavy (non-hydrogen) atoms. The zero-order valence-electron chi connectivity index (χ0n) is 11.0. The average molecular weight is 213 g/mol. The molecule has 90 valence electrons. The Bertz CT molecular complexity index is 201. The first-order valence-electron chi connectivity index (χ1n) is 6.31. The van der Waals surface area contributed by atoms with Crippen molar-refractivity contribution in [1.29, 1.82) is 0 Å². The largest absolute Gasteiger partial charge is 0.391 e. The number of likely N-dealkylation sites (N-methyl/N-ethyl adjacent to an activating group) is 1. The Balaban J connectivity index is 2.72. The van der Waals surface area contributed by atoms with Gasteiger partial charge in [-0.05, 0) is 45.1 Å². The Labute approximate surface area is 94.7 Å². The summed E-state index contributed by atoms with van der Waals surface area (Å²) >= 11 is 0. The first-order chi connectivity index (χ1) is 6.87. The summed E-state index contributed by atoms with van der Waals surface area (Å²) in [4.78, 5) is 2.44. The quantitative estimate of drug-likeness (QED) is 0.779. The maximum Gasteiger partial charge on any atom is 0.0695 e. The summed E-state index contributed by atoms with van der Waals surface area (Å²) in [5.41, 5.74) is 0.395. The number of rotatable bonds is 3. The van der Waals surface area contributed by atoms with Crippen molar-refractivity contribution in [2.24, 2.45) is 5.41 Å². The Kier molecular flexibility index (Phi) is 4.19. The Morgan fingerprint density at radius 1 is 1.40 bits per heavy atom. The van der Waals surface area contributed by atoms with E-state index in [0.29, 0.717) is 17.5 Å².